The van der Waals surface area contributed by atoms with Crippen molar-refractivity contribution in [2.45, 2.75) is 12.6 Å². The Labute approximate surface area is 80.6 Å². The molecule has 3 N–H and O–H groups in total. The Kier molecular flexibility index (Phi) is 4.02. The maximum absolute atomic E-state index is 11.3. The van der Waals surface area contributed by atoms with Crippen LogP contribution in [-0.2, 0) is 16.1 Å². The van der Waals surface area contributed by atoms with Crippen molar-refractivity contribution in [2.24, 2.45) is 5.73 Å². The number of carbonyl (C=O) groups excluding carboxylic acids is 1. The van der Waals surface area contributed by atoms with E-state index in [9.17, 15) is 4.79 Å². The summed E-state index contributed by atoms with van der Waals surface area (Å²) in [4.78, 5) is 15.0. The van der Waals surface area contributed by atoms with Crippen molar-refractivity contribution < 1.29 is 14.1 Å². The molecule has 7 heteroatoms. The molecule has 0 aliphatic heterocycles. The van der Waals surface area contributed by atoms with E-state index in [1.54, 1.807) is 0 Å². The first-order valence-electron chi connectivity index (χ1n) is 4.03. The van der Waals surface area contributed by atoms with Crippen LogP contribution in [0, 0.1) is 0 Å². The van der Waals surface area contributed by atoms with Gasteiger partial charge in [0.1, 0.15) is 6.10 Å². The van der Waals surface area contributed by atoms with Crippen LogP contribution >= 0.6 is 0 Å². The average Bonchev–Trinajstić information content (AvgIpc) is 2.69. The Balaban J connectivity index is 2.34. The number of methoxy groups -OCH3 is 1. The maximum atomic E-state index is 11.3. The number of nitrogens with one attached hydrogen (secondary N) is 1. The summed E-state index contributed by atoms with van der Waals surface area (Å²) in [7, 11) is 1.42. The van der Waals surface area contributed by atoms with Crippen LogP contribution in [0.3, 0.4) is 0 Å². The molecule has 1 unspecified atom stereocenters. The second kappa shape index (κ2) is 5.30. The molecule has 0 aliphatic rings. The molecule has 1 amide bonds. The van der Waals surface area contributed by atoms with Gasteiger partial charge in [0.25, 0.3) is 5.91 Å². The summed E-state index contributed by atoms with van der Waals surface area (Å²) < 4.78 is 9.32. The first-order chi connectivity index (χ1) is 6.77. The Bertz CT molecular complexity index is 270. The van der Waals surface area contributed by atoms with Crippen molar-refractivity contribution in [3.05, 3.63) is 12.2 Å². The van der Waals surface area contributed by atoms with Gasteiger partial charge in [-0.1, -0.05) is 5.16 Å². The number of amides is 1. The lowest BCUT2D eigenvalue weighted by Gasteiger charge is -2.11. The highest BCUT2D eigenvalue weighted by molar-refractivity contribution is 5.80. The fourth-order valence-electron chi connectivity index (χ4n) is 0.861. The summed E-state index contributed by atoms with van der Waals surface area (Å²) >= 11 is 0. The molecule has 0 aliphatic carbocycles. The van der Waals surface area contributed by atoms with Gasteiger partial charge in [0.15, 0.2) is 5.82 Å². The third kappa shape index (κ3) is 2.79. The molecule has 0 aromatic carbocycles. The van der Waals surface area contributed by atoms with Crippen LogP contribution in [0.5, 0.6) is 0 Å². The number of aromatic nitrogens is 2. The van der Waals surface area contributed by atoms with Crippen molar-refractivity contribution in [1.29, 1.82) is 0 Å². The number of carbonyl (C=O) groups is 1. The highest BCUT2D eigenvalue weighted by Crippen LogP contribution is 1.90. The van der Waals surface area contributed by atoms with E-state index in [1.807, 2.05) is 0 Å². The van der Waals surface area contributed by atoms with E-state index in [1.165, 1.54) is 13.5 Å². The molecular formula is C7H12N4O3. The van der Waals surface area contributed by atoms with Gasteiger partial charge in [-0.25, -0.2) is 0 Å². The molecule has 14 heavy (non-hydrogen) atoms. The fourth-order valence-corrected chi connectivity index (χ4v) is 0.861. The van der Waals surface area contributed by atoms with E-state index in [-0.39, 0.29) is 19.0 Å². The summed E-state index contributed by atoms with van der Waals surface area (Å²) in [6.45, 7) is 0.337. The molecule has 1 heterocycles. The molecule has 0 bridgehead atoms. The van der Waals surface area contributed by atoms with Crippen LogP contribution in [0.25, 0.3) is 0 Å². The lowest BCUT2D eigenvalue weighted by Crippen LogP contribution is -2.40. The van der Waals surface area contributed by atoms with Crippen LogP contribution in [0.15, 0.2) is 10.9 Å². The van der Waals surface area contributed by atoms with Crippen molar-refractivity contribution in [1.82, 2.24) is 15.5 Å². The van der Waals surface area contributed by atoms with Gasteiger partial charge in [0.05, 0.1) is 6.54 Å². The minimum Gasteiger partial charge on any atom is -0.370 e. The Morgan fingerprint density at radius 3 is 3.14 bits per heavy atom. The van der Waals surface area contributed by atoms with Gasteiger partial charge in [0, 0.05) is 13.7 Å². The van der Waals surface area contributed by atoms with Crippen molar-refractivity contribution in [3.8, 4) is 0 Å². The van der Waals surface area contributed by atoms with Gasteiger partial charge in [-0.3, -0.25) is 4.79 Å². The second-order valence-corrected chi connectivity index (χ2v) is 2.53. The Morgan fingerprint density at radius 1 is 1.86 bits per heavy atom. The normalized spacial score (nSPS) is 12.4. The van der Waals surface area contributed by atoms with Gasteiger partial charge in [0.2, 0.25) is 6.39 Å². The standard InChI is InChI=1S/C7H12N4O3/c1-13-5(2-8)7(12)9-3-6-10-4-14-11-6/h4-5H,2-3,8H2,1H3,(H,9,12). The van der Waals surface area contributed by atoms with Crippen molar-refractivity contribution in [3.63, 3.8) is 0 Å². The van der Waals surface area contributed by atoms with E-state index in [2.05, 4.69) is 20.0 Å². The zero-order chi connectivity index (χ0) is 10.4. The van der Waals surface area contributed by atoms with Crippen LogP contribution in [0.4, 0.5) is 0 Å². The number of nitrogens with zero attached hydrogens (tertiary/aromatic N) is 2. The van der Waals surface area contributed by atoms with Gasteiger partial charge >= 0.3 is 0 Å². The third-order valence-electron chi connectivity index (χ3n) is 1.62. The quantitative estimate of drug-likeness (QED) is 0.609. The van der Waals surface area contributed by atoms with Crippen LogP contribution in [0.1, 0.15) is 5.82 Å². The minimum atomic E-state index is -0.637. The Morgan fingerprint density at radius 2 is 2.64 bits per heavy atom. The topological polar surface area (TPSA) is 103 Å². The molecule has 7 nitrogen and oxygen atoms in total. The summed E-state index contributed by atoms with van der Waals surface area (Å²) in [6, 6.07) is 0. The Hall–Kier alpha value is -1.47. The largest absolute Gasteiger partial charge is 0.370 e. The number of hydrogen-bond acceptors (Lipinski definition) is 6. The van der Waals surface area contributed by atoms with E-state index >= 15 is 0 Å². The number of ether oxygens (including phenoxy) is 1. The minimum absolute atomic E-state index is 0.134. The molecule has 0 saturated heterocycles. The second-order valence-electron chi connectivity index (χ2n) is 2.53. The lowest BCUT2D eigenvalue weighted by molar-refractivity contribution is -0.130. The van der Waals surface area contributed by atoms with Gasteiger partial charge in [-0.15, -0.1) is 0 Å². The zero-order valence-corrected chi connectivity index (χ0v) is 7.77. The third-order valence-corrected chi connectivity index (χ3v) is 1.62. The highest BCUT2D eigenvalue weighted by Gasteiger charge is 2.15. The summed E-state index contributed by atoms with van der Waals surface area (Å²) in [6.07, 6.45) is 0.556. The summed E-state index contributed by atoms with van der Waals surface area (Å²) in [5.41, 5.74) is 5.30. The predicted molar refractivity (Wildman–Crippen MR) is 46.0 cm³/mol. The van der Waals surface area contributed by atoms with Gasteiger partial charge < -0.3 is 20.3 Å². The summed E-state index contributed by atoms with van der Waals surface area (Å²) in [5, 5.41) is 6.08. The number of rotatable bonds is 5. The molecule has 0 radical (unpaired) electrons. The fraction of sp³-hybridized carbons (Fsp3) is 0.571. The van der Waals surface area contributed by atoms with Crippen molar-refractivity contribution in [2.75, 3.05) is 13.7 Å². The summed E-state index contributed by atoms with van der Waals surface area (Å²) in [5.74, 6) is 0.116. The van der Waals surface area contributed by atoms with Gasteiger partial charge in [-0.05, 0) is 0 Å². The predicted octanol–water partition coefficient (Wildman–Crippen LogP) is -1.34. The average molecular weight is 200 g/mol. The van der Waals surface area contributed by atoms with Crippen LogP contribution in [-0.4, -0.2) is 35.8 Å². The van der Waals surface area contributed by atoms with Crippen LogP contribution < -0.4 is 11.1 Å². The zero-order valence-electron chi connectivity index (χ0n) is 7.77. The molecule has 0 spiro atoms. The molecular weight excluding hydrogens is 188 g/mol. The molecule has 1 rings (SSSR count). The molecule has 1 aromatic heterocycles. The maximum Gasteiger partial charge on any atom is 0.250 e. The lowest BCUT2D eigenvalue weighted by atomic mass is 10.3. The molecule has 0 fully saturated rings. The monoisotopic (exact) mass is 200 g/mol. The van der Waals surface area contributed by atoms with Gasteiger partial charge in [-0.2, -0.15) is 4.98 Å². The van der Waals surface area contributed by atoms with E-state index in [0.29, 0.717) is 5.82 Å². The molecule has 78 valence electrons. The first-order valence-corrected chi connectivity index (χ1v) is 4.03. The molecule has 1 aromatic rings. The van der Waals surface area contributed by atoms with Crippen molar-refractivity contribution >= 4 is 5.91 Å². The SMILES string of the molecule is COC(CN)C(=O)NCc1ncon1. The highest BCUT2D eigenvalue weighted by atomic mass is 16.5. The first kappa shape index (κ1) is 10.6. The smallest absolute Gasteiger partial charge is 0.250 e. The number of hydrogen-bond donors (Lipinski definition) is 2. The molecule has 1 atom stereocenters. The number of nitrogens with two attached hydrogens (primary N) is 1. The van der Waals surface area contributed by atoms with E-state index in [0.717, 1.165) is 0 Å². The van der Waals surface area contributed by atoms with E-state index < -0.39 is 6.10 Å². The van der Waals surface area contributed by atoms with E-state index in [4.69, 9.17) is 10.5 Å². The molecule has 0 saturated carbocycles. The van der Waals surface area contributed by atoms with Crippen LogP contribution in [0.2, 0.25) is 0 Å².